The second kappa shape index (κ2) is 10.3. The first-order chi connectivity index (χ1) is 19.0. The highest BCUT2D eigenvalue weighted by Crippen LogP contribution is 2.65. The molecule has 1 aliphatic heterocycles. The molecule has 1 heterocycles. The molecule has 6 rings (SSSR count). The number of hydrogen-bond donors (Lipinski definition) is 2. The summed E-state index contributed by atoms with van der Waals surface area (Å²) in [4.78, 5) is 26.6. The van der Waals surface area contributed by atoms with Gasteiger partial charge in [-0.15, -0.1) is 0 Å². The molecule has 3 aliphatic carbocycles. The molecular formula is C30H35BClF3N2O4. The van der Waals surface area contributed by atoms with Crippen molar-refractivity contribution < 1.29 is 32.1 Å². The molecule has 5 atom stereocenters. The van der Waals surface area contributed by atoms with E-state index in [1.54, 1.807) is 12.1 Å². The van der Waals surface area contributed by atoms with Crippen molar-refractivity contribution in [1.82, 2.24) is 10.6 Å². The Morgan fingerprint density at radius 3 is 2.37 bits per heavy atom. The molecule has 2 N–H and O–H groups in total. The maximum absolute atomic E-state index is 13.6. The fourth-order valence-electron chi connectivity index (χ4n) is 6.85. The van der Waals surface area contributed by atoms with Gasteiger partial charge in [0.2, 0.25) is 5.91 Å². The highest BCUT2D eigenvalue weighted by atomic mass is 35.5. The van der Waals surface area contributed by atoms with E-state index in [-0.39, 0.29) is 11.5 Å². The third-order valence-corrected chi connectivity index (χ3v) is 9.71. The van der Waals surface area contributed by atoms with Gasteiger partial charge in [0.05, 0.1) is 28.8 Å². The lowest BCUT2D eigenvalue weighted by Crippen LogP contribution is -2.65. The van der Waals surface area contributed by atoms with Crippen molar-refractivity contribution in [2.75, 3.05) is 0 Å². The summed E-state index contributed by atoms with van der Waals surface area (Å²) in [6.07, 6.45) is -2.53. The average Bonchev–Trinajstić information content (AvgIpc) is 3.25. The molecule has 11 heteroatoms. The Morgan fingerprint density at radius 1 is 1.07 bits per heavy atom. The van der Waals surface area contributed by atoms with Crippen LogP contribution < -0.4 is 10.6 Å². The Bertz CT molecular complexity index is 1340. The number of amides is 2. The van der Waals surface area contributed by atoms with Crippen LogP contribution in [-0.2, 0) is 26.7 Å². The van der Waals surface area contributed by atoms with E-state index >= 15 is 0 Å². The van der Waals surface area contributed by atoms with Crippen LogP contribution in [0.25, 0.3) is 0 Å². The van der Waals surface area contributed by atoms with Crippen molar-refractivity contribution in [3.63, 3.8) is 0 Å². The van der Waals surface area contributed by atoms with E-state index in [1.807, 2.05) is 12.1 Å². The Balaban J connectivity index is 1.36. The van der Waals surface area contributed by atoms with Crippen LogP contribution in [0.1, 0.15) is 68.9 Å². The number of carbonyl (C=O) groups excluding carboxylic acids is 2. The first-order valence-electron chi connectivity index (χ1n) is 13.9. The van der Waals surface area contributed by atoms with Gasteiger partial charge in [0, 0.05) is 5.02 Å². The minimum absolute atomic E-state index is 0.111. The van der Waals surface area contributed by atoms with Crippen LogP contribution in [0.2, 0.25) is 5.02 Å². The van der Waals surface area contributed by atoms with Gasteiger partial charge >= 0.3 is 13.3 Å². The maximum atomic E-state index is 13.6. The minimum Gasteiger partial charge on any atom is -0.404 e. The molecule has 1 saturated heterocycles. The largest absolute Gasteiger partial charge is 0.482 e. The van der Waals surface area contributed by atoms with Crippen molar-refractivity contribution in [2.45, 2.75) is 83.2 Å². The molecule has 41 heavy (non-hydrogen) atoms. The van der Waals surface area contributed by atoms with Crippen molar-refractivity contribution >= 4 is 30.5 Å². The van der Waals surface area contributed by atoms with Crippen LogP contribution in [0.3, 0.4) is 0 Å². The maximum Gasteiger partial charge on any atom is 0.482 e. The lowest BCUT2D eigenvalue weighted by Gasteiger charge is -2.64. The number of benzene rings is 2. The van der Waals surface area contributed by atoms with E-state index in [2.05, 4.69) is 31.4 Å². The Hall–Kier alpha value is -2.56. The smallest absolute Gasteiger partial charge is 0.404 e. The number of rotatable bonds is 7. The molecule has 4 fully saturated rings. The summed E-state index contributed by atoms with van der Waals surface area (Å²) in [6.45, 7) is 9.51. The summed E-state index contributed by atoms with van der Waals surface area (Å²) >= 11 is 6.08. The van der Waals surface area contributed by atoms with Gasteiger partial charge in [0.15, 0.2) is 0 Å². The monoisotopic (exact) mass is 590 g/mol. The molecule has 2 amide bonds. The van der Waals surface area contributed by atoms with Gasteiger partial charge in [0.1, 0.15) is 5.54 Å². The van der Waals surface area contributed by atoms with Crippen molar-refractivity contribution in [2.24, 2.45) is 17.3 Å². The molecule has 0 radical (unpaired) electrons. The molecule has 4 aliphatic rings. The second-order valence-electron chi connectivity index (χ2n) is 12.9. The molecule has 0 aromatic heterocycles. The van der Waals surface area contributed by atoms with Crippen molar-refractivity contribution in [3.8, 4) is 0 Å². The lowest BCUT2D eigenvalue weighted by atomic mass is 9.43. The van der Waals surface area contributed by atoms with Gasteiger partial charge in [-0.3, -0.25) is 9.59 Å². The summed E-state index contributed by atoms with van der Waals surface area (Å²) in [5, 5.41) is 6.04. The topological polar surface area (TPSA) is 76.7 Å². The van der Waals surface area contributed by atoms with Gasteiger partial charge in [-0.2, -0.15) is 13.2 Å². The van der Waals surface area contributed by atoms with E-state index in [4.69, 9.17) is 20.9 Å². The van der Waals surface area contributed by atoms with Gasteiger partial charge in [-0.05, 0) is 87.1 Å². The summed E-state index contributed by atoms with van der Waals surface area (Å²) in [7, 11) is -0.753. The summed E-state index contributed by atoms with van der Waals surface area (Å²) in [6, 6.07) is 11.7. The number of halogens is 4. The zero-order chi connectivity index (χ0) is 30.0. The van der Waals surface area contributed by atoms with E-state index in [0.717, 1.165) is 30.5 Å². The van der Waals surface area contributed by atoms with E-state index in [1.165, 1.54) is 26.0 Å². The third kappa shape index (κ3) is 5.50. The first-order valence-corrected chi connectivity index (χ1v) is 14.3. The third-order valence-electron chi connectivity index (χ3n) is 9.45. The molecule has 220 valence electrons. The molecule has 3 saturated carbocycles. The fraction of sp³-hybridized carbons (Fsp3) is 0.533. The SMILES string of the molecule is CC(C)(NC(=O)c1ccccc1C(F)(F)F)C(=O)N[C@@H](Cc1ccc(Cl)cc1)B1O[C@@H]2C[C@@H]3C[C@@H](C3(C)C)[C@]2(C)O1. The first kappa shape index (κ1) is 29.9. The number of nitrogens with one attached hydrogen (secondary N) is 2. The van der Waals surface area contributed by atoms with Gasteiger partial charge in [0.25, 0.3) is 5.91 Å². The minimum atomic E-state index is -4.72. The lowest BCUT2D eigenvalue weighted by molar-refractivity contribution is -0.199. The standard InChI is InChI=1S/C30H35BClF3N2O4/c1-27(2)18-15-22(27)29(5)23(16-18)40-31(41-29)24(14-17-10-12-19(32)13-11-17)36-26(39)28(3,4)37-25(38)20-8-6-7-9-21(20)30(33,34)35/h6-13,18,22-24H,14-16H2,1-5H3,(H,36,39)(H,37,38)/t18-,22-,23+,24-,29-/m0/s1. The number of carbonyl (C=O) groups is 2. The van der Waals surface area contributed by atoms with Crippen LogP contribution in [0, 0.1) is 17.3 Å². The summed E-state index contributed by atoms with van der Waals surface area (Å²) in [5.41, 5.74) is -2.65. The molecule has 0 unspecified atom stereocenters. The van der Waals surface area contributed by atoms with Crippen LogP contribution in [-0.4, -0.2) is 42.1 Å². The average molecular weight is 591 g/mol. The Kier molecular flexibility index (Phi) is 7.53. The molecule has 2 bridgehead atoms. The summed E-state index contributed by atoms with van der Waals surface area (Å²) < 4.78 is 53.7. The van der Waals surface area contributed by atoms with Crippen LogP contribution in [0.15, 0.2) is 48.5 Å². The molecule has 6 nitrogen and oxygen atoms in total. The van der Waals surface area contributed by atoms with E-state index in [9.17, 15) is 22.8 Å². The van der Waals surface area contributed by atoms with Crippen LogP contribution >= 0.6 is 11.6 Å². The Labute approximate surface area is 243 Å². The van der Waals surface area contributed by atoms with Gasteiger partial charge in [-0.25, -0.2) is 0 Å². The number of hydrogen-bond acceptors (Lipinski definition) is 4. The molecule has 0 spiro atoms. The quantitative estimate of drug-likeness (QED) is 0.396. The second-order valence-corrected chi connectivity index (χ2v) is 13.3. The zero-order valence-corrected chi connectivity index (χ0v) is 24.5. The normalized spacial score (nSPS) is 27.4. The summed E-state index contributed by atoms with van der Waals surface area (Å²) in [5.74, 6) is -1.34. The highest BCUT2D eigenvalue weighted by Gasteiger charge is 2.68. The molecular weight excluding hydrogens is 556 g/mol. The van der Waals surface area contributed by atoms with Crippen molar-refractivity contribution in [1.29, 1.82) is 0 Å². The number of alkyl halides is 3. The molecule has 2 aromatic rings. The Morgan fingerprint density at radius 2 is 1.73 bits per heavy atom. The highest BCUT2D eigenvalue weighted by molar-refractivity contribution is 6.48. The predicted octanol–water partition coefficient (Wildman–Crippen LogP) is 5.86. The predicted molar refractivity (Wildman–Crippen MR) is 150 cm³/mol. The van der Waals surface area contributed by atoms with E-state index < -0.39 is 53.3 Å². The van der Waals surface area contributed by atoms with Gasteiger partial charge < -0.3 is 19.9 Å². The van der Waals surface area contributed by atoms with Crippen LogP contribution in [0.5, 0.6) is 0 Å². The molecule has 2 aromatic carbocycles. The van der Waals surface area contributed by atoms with Crippen molar-refractivity contribution in [3.05, 3.63) is 70.2 Å². The van der Waals surface area contributed by atoms with Gasteiger partial charge in [-0.1, -0.05) is 49.7 Å². The fourth-order valence-corrected chi connectivity index (χ4v) is 6.97. The van der Waals surface area contributed by atoms with E-state index in [0.29, 0.717) is 23.3 Å². The van der Waals surface area contributed by atoms with Crippen LogP contribution in [0.4, 0.5) is 13.2 Å². The zero-order valence-electron chi connectivity index (χ0n) is 23.8.